The van der Waals surface area contributed by atoms with Crippen LogP contribution in [0.4, 0.5) is 36.4 Å². The molecule has 0 saturated carbocycles. The number of halogens is 7. The number of nitrogens with one attached hydrogen (secondary N) is 2. The summed E-state index contributed by atoms with van der Waals surface area (Å²) in [6, 6.07) is 6.01. The zero-order valence-corrected chi connectivity index (χ0v) is 21.8. The van der Waals surface area contributed by atoms with Crippen LogP contribution < -0.4 is 24.8 Å². The lowest BCUT2D eigenvalue weighted by Crippen LogP contribution is -2.37. The fraction of sp³-hybridized carbons (Fsp3) is 0.174. The SMILES string of the molecule is BC(B)(B)Oc1cc(OC(F)(F)F)ccc1Oc1ccc(C(F)(F)F)c(F)c1C(=O)Nc1ccc(C(=O)NC)nc1. The van der Waals surface area contributed by atoms with Gasteiger partial charge in [0.05, 0.1) is 17.4 Å². The number of nitrogens with zero attached hydrogens (tertiary/aromatic N) is 1. The Labute approximate surface area is 230 Å². The maximum absolute atomic E-state index is 15.2. The molecule has 0 aliphatic rings. The Hall–Kier alpha value is -4.37. The van der Waals surface area contributed by atoms with E-state index in [0.717, 1.165) is 24.4 Å². The molecule has 2 amide bonds. The molecule has 0 aliphatic carbocycles. The highest BCUT2D eigenvalue weighted by Gasteiger charge is 2.38. The summed E-state index contributed by atoms with van der Waals surface area (Å²) in [5.74, 6) is -6.03. The van der Waals surface area contributed by atoms with Gasteiger partial charge in [-0.1, -0.05) is 0 Å². The molecule has 0 saturated heterocycles. The average molecular weight is 583 g/mol. The van der Waals surface area contributed by atoms with Crippen molar-refractivity contribution in [3.63, 3.8) is 0 Å². The van der Waals surface area contributed by atoms with Gasteiger partial charge in [-0.15, -0.1) is 13.2 Å². The first-order valence-electron chi connectivity index (χ1n) is 11.5. The summed E-state index contributed by atoms with van der Waals surface area (Å²) in [5.41, 5.74) is -3.09. The van der Waals surface area contributed by atoms with E-state index < -0.39 is 58.1 Å². The third-order valence-corrected chi connectivity index (χ3v) is 4.90. The van der Waals surface area contributed by atoms with Crippen LogP contribution in [-0.4, -0.2) is 59.0 Å². The largest absolute Gasteiger partial charge is 0.573 e. The number of amides is 2. The molecule has 18 heteroatoms. The highest BCUT2D eigenvalue weighted by Crippen LogP contribution is 2.41. The molecule has 0 radical (unpaired) electrons. The van der Waals surface area contributed by atoms with Gasteiger partial charge in [-0.05, 0) is 36.4 Å². The maximum atomic E-state index is 15.2. The van der Waals surface area contributed by atoms with E-state index in [1.807, 2.05) is 0 Å². The summed E-state index contributed by atoms with van der Waals surface area (Å²) in [6.07, 6.45) is -9.22. The van der Waals surface area contributed by atoms with Gasteiger partial charge >= 0.3 is 12.5 Å². The molecule has 3 aromatic rings. The number of anilines is 1. The molecule has 0 spiro atoms. The molecular weight excluding hydrogens is 564 g/mol. The average Bonchev–Trinajstić information content (AvgIpc) is 2.83. The first kappa shape index (κ1) is 31.2. The van der Waals surface area contributed by atoms with E-state index in [1.54, 1.807) is 23.5 Å². The summed E-state index contributed by atoms with van der Waals surface area (Å²) >= 11 is 0. The summed E-state index contributed by atoms with van der Waals surface area (Å²) in [7, 11) is 6.00. The van der Waals surface area contributed by atoms with E-state index in [4.69, 9.17) is 9.47 Å². The van der Waals surface area contributed by atoms with Gasteiger partial charge in [-0.2, -0.15) is 13.2 Å². The lowest BCUT2D eigenvalue weighted by atomic mass is 9.52. The van der Waals surface area contributed by atoms with Crippen LogP contribution in [0.15, 0.2) is 48.7 Å². The van der Waals surface area contributed by atoms with Crippen LogP contribution in [0.2, 0.25) is 0 Å². The van der Waals surface area contributed by atoms with Crippen LogP contribution in [0.3, 0.4) is 0 Å². The number of aromatic nitrogens is 1. The predicted octanol–water partition coefficient (Wildman–Crippen LogP) is 2.43. The van der Waals surface area contributed by atoms with Crippen molar-refractivity contribution < 1.29 is 54.5 Å². The molecule has 0 fully saturated rings. The number of pyridine rings is 1. The molecule has 0 bridgehead atoms. The van der Waals surface area contributed by atoms with E-state index in [2.05, 4.69) is 20.4 Å². The third kappa shape index (κ3) is 8.31. The van der Waals surface area contributed by atoms with Crippen LogP contribution in [0.1, 0.15) is 26.4 Å². The Bertz CT molecular complexity index is 1450. The quantitative estimate of drug-likeness (QED) is 0.313. The van der Waals surface area contributed by atoms with Crippen molar-refractivity contribution in [3.05, 3.63) is 71.3 Å². The minimum absolute atomic E-state index is 0.0379. The molecule has 2 N–H and O–H groups in total. The van der Waals surface area contributed by atoms with Crippen molar-refractivity contribution in [1.82, 2.24) is 10.3 Å². The number of ether oxygens (including phenoxy) is 3. The molecule has 1 heterocycles. The first-order chi connectivity index (χ1) is 18.9. The number of benzene rings is 2. The van der Waals surface area contributed by atoms with Crippen LogP contribution >= 0.6 is 0 Å². The fourth-order valence-electron chi connectivity index (χ4n) is 3.30. The Morgan fingerprint density at radius 3 is 2.05 bits per heavy atom. The Morgan fingerprint density at radius 2 is 1.51 bits per heavy atom. The minimum Gasteiger partial charge on any atom is -0.510 e. The zero-order chi connectivity index (χ0) is 30.8. The van der Waals surface area contributed by atoms with Crippen molar-refractivity contribution in [3.8, 4) is 23.0 Å². The molecule has 2 aromatic carbocycles. The molecule has 3 rings (SSSR count). The van der Waals surface area contributed by atoms with E-state index in [-0.39, 0.29) is 22.9 Å². The monoisotopic (exact) mass is 583 g/mol. The molecule has 0 atom stereocenters. The van der Waals surface area contributed by atoms with Crippen molar-refractivity contribution in [2.75, 3.05) is 12.4 Å². The number of alkyl halides is 6. The molecule has 41 heavy (non-hydrogen) atoms. The van der Waals surface area contributed by atoms with E-state index >= 15 is 4.39 Å². The van der Waals surface area contributed by atoms with Crippen molar-refractivity contribution in [1.29, 1.82) is 0 Å². The van der Waals surface area contributed by atoms with Gasteiger partial charge < -0.3 is 24.8 Å². The van der Waals surface area contributed by atoms with Crippen molar-refractivity contribution in [2.24, 2.45) is 0 Å². The van der Waals surface area contributed by atoms with Gasteiger partial charge in [0, 0.05) is 18.4 Å². The van der Waals surface area contributed by atoms with E-state index in [0.29, 0.717) is 12.1 Å². The second kappa shape index (κ2) is 11.6. The topological polar surface area (TPSA) is 98.8 Å². The van der Waals surface area contributed by atoms with Crippen LogP contribution in [0.25, 0.3) is 0 Å². The van der Waals surface area contributed by atoms with Gasteiger partial charge in [-0.25, -0.2) is 9.37 Å². The second-order valence-electron chi connectivity index (χ2n) is 9.24. The van der Waals surface area contributed by atoms with Crippen LogP contribution in [-0.2, 0) is 6.18 Å². The molecule has 214 valence electrons. The number of carbonyl (C=O) groups is 2. The molecule has 0 aliphatic heterocycles. The van der Waals surface area contributed by atoms with Crippen molar-refractivity contribution >= 4 is 41.0 Å². The standard InChI is InChI=1S/C23H19B3F7N3O5/c1-34-19(37)13-5-2-10(9-35-13)36-20(38)17-15(7-4-12(18(17)27)21(28,29)30)39-14-6-3-11(40-23(31,32)33)8-16(14)41-22(24,25)26/h2-9H,24-26H2,1H3,(H,34,37)(H,36,38). The number of rotatable bonds is 8. The summed E-state index contributed by atoms with van der Waals surface area (Å²) < 4.78 is 109. The predicted molar refractivity (Wildman–Crippen MR) is 139 cm³/mol. The van der Waals surface area contributed by atoms with Gasteiger partial charge in [0.15, 0.2) is 17.3 Å². The summed E-state index contributed by atoms with van der Waals surface area (Å²) in [6.45, 7) is 0. The molecular formula is C23H19B3F7N3O5. The maximum Gasteiger partial charge on any atom is 0.573 e. The van der Waals surface area contributed by atoms with Crippen LogP contribution in [0.5, 0.6) is 23.0 Å². The first-order valence-corrected chi connectivity index (χ1v) is 11.5. The Balaban J connectivity index is 2.07. The fourth-order valence-corrected chi connectivity index (χ4v) is 3.30. The minimum atomic E-state index is -5.19. The highest BCUT2D eigenvalue weighted by molar-refractivity contribution is 6.58. The zero-order valence-electron chi connectivity index (χ0n) is 21.8. The normalized spacial score (nSPS) is 11.9. The lowest BCUT2D eigenvalue weighted by Gasteiger charge is -2.25. The van der Waals surface area contributed by atoms with Crippen LogP contribution in [0, 0.1) is 5.82 Å². The number of hydrogen-bond acceptors (Lipinski definition) is 6. The summed E-state index contributed by atoms with van der Waals surface area (Å²) in [5, 5.41) is 3.50. The highest BCUT2D eigenvalue weighted by atomic mass is 19.4. The van der Waals surface area contributed by atoms with Gasteiger partial charge in [0.1, 0.15) is 46.3 Å². The number of carbonyl (C=O) groups excluding carboxylic acids is 2. The molecule has 0 unspecified atom stereocenters. The number of hydrogen-bond donors (Lipinski definition) is 2. The Morgan fingerprint density at radius 1 is 0.854 bits per heavy atom. The van der Waals surface area contributed by atoms with Crippen molar-refractivity contribution in [2.45, 2.75) is 17.8 Å². The lowest BCUT2D eigenvalue weighted by molar-refractivity contribution is -0.274. The summed E-state index contributed by atoms with van der Waals surface area (Å²) in [4.78, 5) is 28.5. The van der Waals surface area contributed by atoms with E-state index in [9.17, 15) is 35.9 Å². The molecule has 1 aromatic heterocycles. The second-order valence-corrected chi connectivity index (χ2v) is 9.24. The smallest absolute Gasteiger partial charge is 0.510 e. The van der Waals surface area contributed by atoms with E-state index in [1.165, 1.54) is 19.2 Å². The molecule has 8 nitrogen and oxygen atoms in total. The van der Waals surface area contributed by atoms with Gasteiger partial charge in [-0.3, -0.25) is 9.59 Å². The van der Waals surface area contributed by atoms with Gasteiger partial charge in [0.2, 0.25) is 0 Å². The van der Waals surface area contributed by atoms with Gasteiger partial charge in [0.25, 0.3) is 11.8 Å². The third-order valence-electron chi connectivity index (χ3n) is 4.90. The Kier molecular flexibility index (Phi) is 8.84.